The van der Waals surface area contributed by atoms with Gasteiger partial charge in [0.15, 0.2) is 0 Å². The summed E-state index contributed by atoms with van der Waals surface area (Å²) in [7, 11) is 0. The van der Waals surface area contributed by atoms with E-state index in [1.165, 1.54) is 32.1 Å². The summed E-state index contributed by atoms with van der Waals surface area (Å²) in [6.07, 6.45) is 7.15. The summed E-state index contributed by atoms with van der Waals surface area (Å²) >= 11 is 0. The molecule has 0 heteroatoms. The predicted molar refractivity (Wildman–Crippen MR) is 55.2 cm³/mol. The van der Waals surface area contributed by atoms with Crippen LogP contribution < -0.4 is 0 Å². The van der Waals surface area contributed by atoms with Gasteiger partial charge in [0.1, 0.15) is 0 Å². The van der Waals surface area contributed by atoms with Crippen LogP contribution in [0, 0.1) is 17.3 Å². The molecule has 0 aromatic heterocycles. The maximum absolute atomic E-state index is 2.50. The molecule has 12 heavy (non-hydrogen) atoms. The molecule has 72 valence electrons. The van der Waals surface area contributed by atoms with Gasteiger partial charge in [0.05, 0.1) is 0 Å². The van der Waals surface area contributed by atoms with Crippen LogP contribution in [0.1, 0.15) is 59.8 Å². The molecule has 0 amide bonds. The minimum Gasteiger partial charge on any atom is -0.0654 e. The van der Waals surface area contributed by atoms with Crippen molar-refractivity contribution in [3.63, 3.8) is 0 Å². The second-order valence-corrected chi connectivity index (χ2v) is 5.06. The van der Waals surface area contributed by atoms with Crippen LogP contribution in [0.3, 0.4) is 0 Å². The quantitative estimate of drug-likeness (QED) is 0.588. The van der Waals surface area contributed by atoms with Crippen LogP contribution in [-0.4, -0.2) is 0 Å². The van der Waals surface area contributed by atoms with Crippen molar-refractivity contribution in [2.75, 3.05) is 0 Å². The summed E-state index contributed by atoms with van der Waals surface area (Å²) in [5.41, 5.74) is 0.712. The molecule has 1 saturated carbocycles. The molecule has 0 bridgehead atoms. The lowest BCUT2D eigenvalue weighted by atomic mass is 9.56. The fourth-order valence-electron chi connectivity index (χ4n) is 3.26. The second kappa shape index (κ2) is 3.81. The Kier molecular flexibility index (Phi) is 3.20. The van der Waals surface area contributed by atoms with Crippen molar-refractivity contribution in [1.82, 2.24) is 0 Å². The molecule has 1 fully saturated rings. The van der Waals surface area contributed by atoms with Gasteiger partial charge in [-0.15, -0.1) is 0 Å². The Bertz CT molecular complexity index is 131. The summed E-state index contributed by atoms with van der Waals surface area (Å²) in [6, 6.07) is 0. The lowest BCUT2D eigenvalue weighted by Crippen LogP contribution is -2.39. The topological polar surface area (TPSA) is 0 Å². The van der Waals surface area contributed by atoms with Gasteiger partial charge in [-0.25, -0.2) is 0 Å². The molecule has 0 nitrogen and oxygen atoms in total. The van der Waals surface area contributed by atoms with E-state index in [1.54, 1.807) is 0 Å². The van der Waals surface area contributed by atoms with Gasteiger partial charge in [0.2, 0.25) is 0 Å². The molecule has 0 radical (unpaired) electrons. The third-order valence-corrected chi connectivity index (χ3v) is 3.75. The summed E-state index contributed by atoms with van der Waals surface area (Å²) < 4.78 is 0. The van der Waals surface area contributed by atoms with Crippen molar-refractivity contribution in [3.8, 4) is 0 Å². The van der Waals surface area contributed by atoms with Crippen molar-refractivity contribution in [1.29, 1.82) is 0 Å². The van der Waals surface area contributed by atoms with Gasteiger partial charge in [-0.05, 0) is 30.1 Å². The van der Waals surface area contributed by atoms with Crippen LogP contribution >= 0.6 is 0 Å². The Labute approximate surface area is 77.7 Å². The van der Waals surface area contributed by atoms with Gasteiger partial charge in [-0.2, -0.15) is 0 Å². The minimum atomic E-state index is 0.712. The Morgan fingerprint density at radius 3 is 2.25 bits per heavy atom. The Morgan fingerprint density at radius 1 is 1.33 bits per heavy atom. The smallest absolute Gasteiger partial charge is 0.0293 e. The molecule has 0 aliphatic heterocycles. The highest BCUT2D eigenvalue weighted by Crippen LogP contribution is 2.52. The summed E-state index contributed by atoms with van der Waals surface area (Å²) in [5, 5.41) is 0. The first-order valence-electron chi connectivity index (χ1n) is 5.62. The van der Waals surface area contributed by atoms with E-state index >= 15 is 0 Å². The van der Waals surface area contributed by atoms with Crippen molar-refractivity contribution in [2.24, 2.45) is 17.3 Å². The maximum Gasteiger partial charge on any atom is -0.0293 e. The zero-order valence-electron chi connectivity index (χ0n) is 9.19. The van der Waals surface area contributed by atoms with Crippen molar-refractivity contribution in [2.45, 2.75) is 59.8 Å². The standard InChI is InChI=1S/C12H24/c1-5-7-11(6-2)12(4)8-10(3)9-12/h10-11H,5-9H2,1-4H3. The summed E-state index contributed by atoms with van der Waals surface area (Å²) in [5.74, 6) is 2.00. The van der Waals surface area contributed by atoms with E-state index in [2.05, 4.69) is 27.7 Å². The lowest BCUT2D eigenvalue weighted by molar-refractivity contribution is 0.0121. The molecule has 0 N–H and O–H groups in total. The van der Waals surface area contributed by atoms with E-state index in [1.807, 2.05) is 0 Å². The van der Waals surface area contributed by atoms with Crippen LogP contribution in [0.4, 0.5) is 0 Å². The largest absolute Gasteiger partial charge is 0.0654 e. The van der Waals surface area contributed by atoms with E-state index in [-0.39, 0.29) is 0 Å². The minimum absolute atomic E-state index is 0.712. The first-order chi connectivity index (χ1) is 5.62. The fourth-order valence-corrected chi connectivity index (χ4v) is 3.26. The molecule has 0 saturated heterocycles. The molecule has 1 aliphatic carbocycles. The molecule has 0 spiro atoms. The highest BCUT2D eigenvalue weighted by Gasteiger charge is 2.42. The number of hydrogen-bond acceptors (Lipinski definition) is 0. The first-order valence-corrected chi connectivity index (χ1v) is 5.62. The molecule has 0 aromatic rings. The SMILES string of the molecule is CCCC(CC)C1(C)CC(C)C1. The molecule has 1 unspecified atom stereocenters. The molecule has 0 aromatic carbocycles. The molecular weight excluding hydrogens is 144 g/mol. The Balaban J connectivity index is 2.42. The normalized spacial score (nSPS) is 37.5. The van der Waals surface area contributed by atoms with Crippen molar-refractivity contribution >= 4 is 0 Å². The second-order valence-electron chi connectivity index (χ2n) is 5.06. The maximum atomic E-state index is 2.50. The van der Waals surface area contributed by atoms with E-state index < -0.39 is 0 Å². The third-order valence-electron chi connectivity index (χ3n) is 3.75. The molecule has 1 aliphatic rings. The molecule has 1 rings (SSSR count). The van der Waals surface area contributed by atoms with Crippen molar-refractivity contribution in [3.05, 3.63) is 0 Å². The van der Waals surface area contributed by atoms with Crippen LogP contribution in [0.25, 0.3) is 0 Å². The monoisotopic (exact) mass is 168 g/mol. The molecule has 1 atom stereocenters. The van der Waals surface area contributed by atoms with Gasteiger partial charge in [0, 0.05) is 0 Å². The average molecular weight is 168 g/mol. The van der Waals surface area contributed by atoms with E-state index in [0.717, 1.165) is 11.8 Å². The van der Waals surface area contributed by atoms with Gasteiger partial charge in [0.25, 0.3) is 0 Å². The molecular formula is C12H24. The summed E-state index contributed by atoms with van der Waals surface area (Å²) in [4.78, 5) is 0. The van der Waals surface area contributed by atoms with Gasteiger partial charge >= 0.3 is 0 Å². The van der Waals surface area contributed by atoms with E-state index in [9.17, 15) is 0 Å². The molecule has 0 heterocycles. The van der Waals surface area contributed by atoms with Crippen LogP contribution in [0.5, 0.6) is 0 Å². The number of rotatable bonds is 4. The predicted octanol–water partition coefficient (Wildman–Crippen LogP) is 4.25. The van der Waals surface area contributed by atoms with Gasteiger partial charge < -0.3 is 0 Å². The van der Waals surface area contributed by atoms with Crippen molar-refractivity contribution < 1.29 is 0 Å². The highest BCUT2D eigenvalue weighted by molar-refractivity contribution is 4.92. The lowest BCUT2D eigenvalue weighted by Gasteiger charge is -2.49. The summed E-state index contributed by atoms with van der Waals surface area (Å²) in [6.45, 7) is 9.56. The Hall–Kier alpha value is 0. The van der Waals surface area contributed by atoms with E-state index in [4.69, 9.17) is 0 Å². The van der Waals surface area contributed by atoms with E-state index in [0.29, 0.717) is 5.41 Å². The zero-order chi connectivity index (χ0) is 9.19. The zero-order valence-corrected chi connectivity index (χ0v) is 9.19. The fraction of sp³-hybridized carbons (Fsp3) is 1.00. The first kappa shape index (κ1) is 10.1. The van der Waals surface area contributed by atoms with Crippen LogP contribution in [-0.2, 0) is 0 Å². The van der Waals surface area contributed by atoms with Gasteiger partial charge in [-0.1, -0.05) is 47.0 Å². The van der Waals surface area contributed by atoms with Gasteiger partial charge in [-0.3, -0.25) is 0 Å². The van der Waals surface area contributed by atoms with Crippen LogP contribution in [0.2, 0.25) is 0 Å². The third kappa shape index (κ3) is 1.84. The average Bonchev–Trinajstić information content (AvgIpc) is 1.97. The van der Waals surface area contributed by atoms with Crippen LogP contribution in [0.15, 0.2) is 0 Å². The number of hydrogen-bond donors (Lipinski definition) is 0. The highest BCUT2D eigenvalue weighted by atomic mass is 14.5. The Morgan fingerprint density at radius 2 is 1.92 bits per heavy atom.